The second-order valence-electron chi connectivity index (χ2n) is 5.21. The summed E-state index contributed by atoms with van der Waals surface area (Å²) < 4.78 is 6.62. The summed E-state index contributed by atoms with van der Waals surface area (Å²) in [5, 5.41) is 2.77. The molecule has 3 rings (SSSR count). The third-order valence-corrected chi connectivity index (χ3v) is 3.64. The first-order chi connectivity index (χ1) is 11.7. The fraction of sp³-hybridized carbons (Fsp3) is 0.111. The number of benzene rings is 2. The first-order valence-corrected chi connectivity index (χ1v) is 7.45. The molecule has 0 aliphatic carbocycles. The molecule has 0 aliphatic heterocycles. The van der Waals surface area contributed by atoms with Crippen molar-refractivity contribution >= 4 is 11.6 Å². The van der Waals surface area contributed by atoms with Crippen molar-refractivity contribution in [2.45, 2.75) is 6.54 Å². The van der Waals surface area contributed by atoms with Crippen LogP contribution in [-0.4, -0.2) is 22.6 Å². The van der Waals surface area contributed by atoms with E-state index in [1.165, 1.54) is 17.9 Å². The fourth-order valence-corrected chi connectivity index (χ4v) is 2.44. The number of nitrogens with zero attached hydrogens (tertiary/aromatic N) is 1. The number of H-pyrrole nitrogens is 1. The first-order valence-electron chi connectivity index (χ1n) is 7.45. The van der Waals surface area contributed by atoms with Crippen LogP contribution in [-0.2, 0) is 6.54 Å². The molecule has 1 heterocycles. The van der Waals surface area contributed by atoms with Gasteiger partial charge in [-0.2, -0.15) is 0 Å². The Morgan fingerprint density at radius 3 is 2.58 bits per heavy atom. The van der Waals surface area contributed by atoms with E-state index in [1.54, 1.807) is 18.2 Å². The molecule has 0 atom stereocenters. The number of aromatic amines is 1. The second kappa shape index (κ2) is 6.87. The number of anilines is 1. The Balaban J connectivity index is 1.87. The van der Waals surface area contributed by atoms with Crippen LogP contribution >= 0.6 is 0 Å². The van der Waals surface area contributed by atoms with Crippen LogP contribution in [0, 0.1) is 0 Å². The molecule has 0 fully saturated rings. The maximum absolute atomic E-state index is 12.6. The number of nitrogens with one attached hydrogen (secondary N) is 2. The highest BCUT2D eigenvalue weighted by Crippen LogP contribution is 2.23. The van der Waals surface area contributed by atoms with Crippen LogP contribution in [0.1, 0.15) is 16.1 Å². The quantitative estimate of drug-likeness (QED) is 0.757. The summed E-state index contributed by atoms with van der Waals surface area (Å²) in [4.78, 5) is 27.2. The van der Waals surface area contributed by atoms with Crippen LogP contribution < -0.4 is 15.7 Å². The molecule has 6 nitrogen and oxygen atoms in total. The molecule has 6 heteroatoms. The molecular formula is C18H17N3O3. The van der Waals surface area contributed by atoms with Gasteiger partial charge in [-0.3, -0.25) is 9.36 Å². The summed E-state index contributed by atoms with van der Waals surface area (Å²) in [5.41, 5.74) is 1.41. The molecule has 0 bridgehead atoms. The average Bonchev–Trinajstić information content (AvgIpc) is 2.97. The standard InChI is InChI=1S/C18H17N3O3/c1-24-16-10-6-5-9-14(16)20-17(22)15-11-19-18(23)21(15)12-13-7-3-2-4-8-13/h2-11H,12H2,1H3,(H,19,23)(H,20,22). The summed E-state index contributed by atoms with van der Waals surface area (Å²) in [7, 11) is 1.53. The third-order valence-electron chi connectivity index (χ3n) is 3.64. The molecule has 0 unspecified atom stereocenters. The summed E-state index contributed by atoms with van der Waals surface area (Å²) in [6.45, 7) is 0.317. The Kier molecular flexibility index (Phi) is 4.47. The van der Waals surface area contributed by atoms with Gasteiger partial charge < -0.3 is 15.0 Å². The predicted molar refractivity (Wildman–Crippen MR) is 91.5 cm³/mol. The predicted octanol–water partition coefficient (Wildman–Crippen LogP) is 2.49. The van der Waals surface area contributed by atoms with Gasteiger partial charge in [-0.05, 0) is 17.7 Å². The van der Waals surface area contributed by atoms with Gasteiger partial charge in [0, 0.05) is 6.20 Å². The van der Waals surface area contributed by atoms with Crippen molar-refractivity contribution in [3.05, 3.63) is 82.5 Å². The Bertz CT molecular complexity index is 897. The number of aromatic nitrogens is 2. The highest BCUT2D eigenvalue weighted by Gasteiger charge is 2.16. The Morgan fingerprint density at radius 2 is 1.83 bits per heavy atom. The van der Waals surface area contributed by atoms with E-state index >= 15 is 0 Å². The van der Waals surface area contributed by atoms with Crippen LogP contribution in [0.5, 0.6) is 5.75 Å². The maximum Gasteiger partial charge on any atom is 0.326 e. The lowest BCUT2D eigenvalue weighted by Gasteiger charge is -2.11. The Labute approximate surface area is 138 Å². The van der Waals surface area contributed by atoms with Gasteiger partial charge >= 0.3 is 5.69 Å². The molecule has 0 spiro atoms. The first kappa shape index (κ1) is 15.6. The average molecular weight is 323 g/mol. The van der Waals surface area contributed by atoms with E-state index < -0.39 is 0 Å². The third kappa shape index (κ3) is 3.22. The summed E-state index contributed by atoms with van der Waals surface area (Å²) in [6, 6.07) is 16.6. The number of hydrogen-bond donors (Lipinski definition) is 2. The molecular weight excluding hydrogens is 306 g/mol. The SMILES string of the molecule is COc1ccccc1NC(=O)c1c[nH]c(=O)n1Cc1ccccc1. The minimum atomic E-state index is -0.381. The number of methoxy groups -OCH3 is 1. The Morgan fingerprint density at radius 1 is 1.12 bits per heavy atom. The van der Waals surface area contributed by atoms with Gasteiger partial charge in [-0.25, -0.2) is 4.79 Å². The van der Waals surface area contributed by atoms with Crippen molar-refractivity contribution in [3.63, 3.8) is 0 Å². The largest absolute Gasteiger partial charge is 0.495 e. The number of para-hydroxylation sites is 2. The zero-order valence-electron chi connectivity index (χ0n) is 13.2. The minimum Gasteiger partial charge on any atom is -0.495 e. The summed E-state index contributed by atoms with van der Waals surface area (Å²) >= 11 is 0. The lowest BCUT2D eigenvalue weighted by Crippen LogP contribution is -2.24. The number of carbonyl (C=O) groups excluding carboxylic acids is 1. The van der Waals surface area contributed by atoms with E-state index in [0.29, 0.717) is 18.0 Å². The summed E-state index contributed by atoms with van der Waals surface area (Å²) in [5.74, 6) is 0.173. The number of carbonyl (C=O) groups is 1. The lowest BCUT2D eigenvalue weighted by molar-refractivity contribution is 0.101. The number of imidazole rings is 1. The molecule has 0 aliphatic rings. The second-order valence-corrected chi connectivity index (χ2v) is 5.21. The van der Waals surface area contributed by atoms with Gasteiger partial charge in [-0.1, -0.05) is 42.5 Å². The van der Waals surface area contributed by atoms with Crippen molar-refractivity contribution in [1.29, 1.82) is 0 Å². The number of rotatable bonds is 5. The number of hydrogen-bond acceptors (Lipinski definition) is 3. The smallest absolute Gasteiger partial charge is 0.326 e. The van der Waals surface area contributed by atoms with Crippen LogP contribution in [0.4, 0.5) is 5.69 Å². The van der Waals surface area contributed by atoms with Crippen molar-refractivity contribution < 1.29 is 9.53 Å². The molecule has 2 N–H and O–H groups in total. The highest BCUT2D eigenvalue weighted by molar-refractivity contribution is 6.03. The van der Waals surface area contributed by atoms with Gasteiger partial charge in [-0.15, -0.1) is 0 Å². The molecule has 1 aromatic heterocycles. The van der Waals surface area contributed by atoms with Crippen molar-refractivity contribution in [2.24, 2.45) is 0 Å². The minimum absolute atomic E-state index is 0.259. The van der Waals surface area contributed by atoms with Gasteiger partial charge in [0.25, 0.3) is 5.91 Å². The van der Waals surface area contributed by atoms with E-state index in [2.05, 4.69) is 10.3 Å². The summed E-state index contributed by atoms with van der Waals surface area (Å²) in [6.07, 6.45) is 1.41. The van der Waals surface area contributed by atoms with E-state index in [9.17, 15) is 9.59 Å². The van der Waals surface area contributed by atoms with Gasteiger partial charge in [0.05, 0.1) is 19.3 Å². The van der Waals surface area contributed by atoms with Gasteiger partial charge in [0.15, 0.2) is 0 Å². The highest BCUT2D eigenvalue weighted by atomic mass is 16.5. The van der Waals surface area contributed by atoms with Crippen molar-refractivity contribution in [2.75, 3.05) is 12.4 Å². The maximum atomic E-state index is 12.6. The van der Waals surface area contributed by atoms with Crippen LogP contribution in [0.25, 0.3) is 0 Å². The Hall–Kier alpha value is -3.28. The van der Waals surface area contributed by atoms with E-state index in [0.717, 1.165) is 5.56 Å². The number of amides is 1. The molecule has 0 saturated heterocycles. The van der Waals surface area contributed by atoms with Crippen LogP contribution in [0.15, 0.2) is 65.6 Å². The zero-order chi connectivity index (χ0) is 16.9. The molecule has 1 amide bonds. The van der Waals surface area contributed by atoms with Crippen molar-refractivity contribution in [3.8, 4) is 5.75 Å². The van der Waals surface area contributed by atoms with E-state index in [4.69, 9.17) is 4.74 Å². The monoisotopic (exact) mass is 323 g/mol. The molecule has 122 valence electrons. The molecule has 2 aromatic carbocycles. The van der Waals surface area contributed by atoms with E-state index in [-0.39, 0.29) is 17.3 Å². The molecule has 24 heavy (non-hydrogen) atoms. The number of ether oxygens (including phenoxy) is 1. The van der Waals surface area contributed by atoms with Crippen molar-refractivity contribution in [1.82, 2.24) is 9.55 Å². The van der Waals surface area contributed by atoms with Crippen LogP contribution in [0.2, 0.25) is 0 Å². The molecule has 0 saturated carbocycles. The van der Waals surface area contributed by atoms with Crippen LogP contribution in [0.3, 0.4) is 0 Å². The zero-order valence-corrected chi connectivity index (χ0v) is 13.2. The fourth-order valence-electron chi connectivity index (χ4n) is 2.44. The molecule has 3 aromatic rings. The van der Waals surface area contributed by atoms with E-state index in [1.807, 2.05) is 36.4 Å². The van der Waals surface area contributed by atoms with Gasteiger partial charge in [0.2, 0.25) is 0 Å². The topological polar surface area (TPSA) is 76.1 Å². The lowest BCUT2D eigenvalue weighted by atomic mass is 10.2. The van der Waals surface area contributed by atoms with Gasteiger partial charge in [0.1, 0.15) is 11.4 Å². The normalized spacial score (nSPS) is 10.4. The molecule has 0 radical (unpaired) electrons.